The van der Waals surface area contributed by atoms with Crippen LogP contribution in [-0.4, -0.2) is 27.3 Å². The Balaban J connectivity index is 1.54. The summed E-state index contributed by atoms with van der Waals surface area (Å²) in [6.45, 7) is 5.63. The van der Waals surface area contributed by atoms with Gasteiger partial charge in [0, 0.05) is 28.9 Å². The molecule has 1 aliphatic rings. The van der Waals surface area contributed by atoms with E-state index in [4.69, 9.17) is 16.3 Å². The van der Waals surface area contributed by atoms with E-state index in [-0.39, 0.29) is 12.1 Å². The minimum atomic E-state index is -0.462. The molecule has 0 bridgehead atoms. The number of carbonyl (C=O) groups excluding carboxylic acids is 1. The van der Waals surface area contributed by atoms with E-state index in [0.717, 1.165) is 42.0 Å². The van der Waals surface area contributed by atoms with Crippen molar-refractivity contribution < 1.29 is 9.53 Å². The number of hydrogen-bond donors (Lipinski definition) is 1. The first kappa shape index (κ1) is 18.8. The predicted octanol–water partition coefficient (Wildman–Crippen LogP) is 5.21. The first-order valence-corrected chi connectivity index (χ1v) is 9.47. The lowest BCUT2D eigenvalue weighted by Crippen LogP contribution is -2.41. The first-order valence-electron chi connectivity index (χ1n) is 9.09. The van der Waals surface area contributed by atoms with Crippen molar-refractivity contribution >= 4 is 17.7 Å². The number of ether oxygens (including phenoxy) is 1. The summed E-state index contributed by atoms with van der Waals surface area (Å²) in [4.78, 5) is 16.4. The maximum atomic E-state index is 11.9. The van der Waals surface area contributed by atoms with Crippen molar-refractivity contribution in [2.24, 2.45) is 0 Å². The van der Waals surface area contributed by atoms with Crippen LogP contribution in [-0.2, 0) is 4.74 Å². The Morgan fingerprint density at radius 3 is 2.46 bits per heavy atom. The lowest BCUT2D eigenvalue weighted by atomic mass is 9.91. The molecule has 1 amide bonds. The van der Waals surface area contributed by atoms with Gasteiger partial charge >= 0.3 is 6.09 Å². The summed E-state index contributed by atoms with van der Waals surface area (Å²) in [5, 5.41) is 3.71. The maximum Gasteiger partial charge on any atom is 0.407 e. The minimum absolute atomic E-state index is 0.181. The van der Waals surface area contributed by atoms with Gasteiger partial charge in [0.2, 0.25) is 0 Å². The first-order chi connectivity index (χ1) is 12.3. The molecule has 1 N–H and O–H groups in total. The van der Waals surface area contributed by atoms with Crippen LogP contribution in [0.5, 0.6) is 0 Å². The fourth-order valence-corrected chi connectivity index (χ4v) is 3.42. The number of rotatable bonds is 3. The minimum Gasteiger partial charge on any atom is -0.444 e. The second-order valence-corrected chi connectivity index (χ2v) is 8.30. The topological polar surface area (TPSA) is 56.1 Å². The van der Waals surface area contributed by atoms with Crippen LogP contribution in [0, 0.1) is 0 Å². The lowest BCUT2D eigenvalue weighted by molar-refractivity contribution is 0.0488. The van der Waals surface area contributed by atoms with Gasteiger partial charge in [-0.25, -0.2) is 9.78 Å². The number of aromatic nitrogens is 2. The zero-order chi connectivity index (χ0) is 18.7. The molecule has 1 fully saturated rings. The summed E-state index contributed by atoms with van der Waals surface area (Å²) < 4.78 is 7.53. The van der Waals surface area contributed by atoms with E-state index in [1.54, 1.807) is 0 Å². The van der Waals surface area contributed by atoms with Gasteiger partial charge in [0.1, 0.15) is 5.60 Å². The molecule has 140 valence electrons. The molecule has 1 aromatic carbocycles. The summed E-state index contributed by atoms with van der Waals surface area (Å²) >= 11 is 5.95. The third-order valence-corrected chi connectivity index (χ3v) is 4.83. The summed E-state index contributed by atoms with van der Waals surface area (Å²) in [6, 6.07) is 8.32. The summed E-state index contributed by atoms with van der Waals surface area (Å²) in [6.07, 6.45) is 7.57. The number of benzene rings is 1. The highest BCUT2D eigenvalue weighted by atomic mass is 35.5. The van der Waals surface area contributed by atoms with Gasteiger partial charge in [-0.05, 0) is 58.6 Å². The third-order valence-electron chi connectivity index (χ3n) is 4.58. The van der Waals surface area contributed by atoms with E-state index in [1.807, 2.05) is 51.4 Å². The molecule has 0 spiro atoms. The van der Waals surface area contributed by atoms with Gasteiger partial charge in [-0.1, -0.05) is 23.7 Å². The van der Waals surface area contributed by atoms with Crippen molar-refractivity contribution in [1.82, 2.24) is 14.9 Å². The molecule has 1 aliphatic carbocycles. The van der Waals surface area contributed by atoms with Gasteiger partial charge in [0.15, 0.2) is 0 Å². The van der Waals surface area contributed by atoms with Crippen molar-refractivity contribution in [1.29, 1.82) is 0 Å². The van der Waals surface area contributed by atoms with Crippen LogP contribution in [0.1, 0.15) is 52.5 Å². The fraction of sp³-hybridized carbons (Fsp3) is 0.500. The molecular formula is C20H26ClN3O2. The quantitative estimate of drug-likeness (QED) is 0.800. The second kappa shape index (κ2) is 7.70. The molecule has 2 aromatic rings. The second-order valence-electron chi connectivity index (χ2n) is 7.86. The zero-order valence-corrected chi connectivity index (χ0v) is 16.3. The average molecular weight is 376 g/mol. The highest BCUT2D eigenvalue weighted by Crippen LogP contribution is 2.30. The van der Waals surface area contributed by atoms with Crippen LogP contribution >= 0.6 is 11.6 Å². The van der Waals surface area contributed by atoms with Crippen molar-refractivity contribution in [2.45, 2.75) is 64.1 Å². The molecule has 0 unspecified atom stereocenters. The molecule has 1 aromatic heterocycles. The highest BCUT2D eigenvalue weighted by Gasteiger charge is 2.25. The number of amides is 1. The van der Waals surface area contributed by atoms with E-state index in [9.17, 15) is 4.79 Å². The Kier molecular flexibility index (Phi) is 5.56. The number of hydrogen-bond acceptors (Lipinski definition) is 3. The Hall–Kier alpha value is -2.01. The Labute approximate surface area is 159 Å². The molecule has 0 radical (unpaired) electrons. The van der Waals surface area contributed by atoms with E-state index in [1.165, 1.54) is 0 Å². The fourth-order valence-electron chi connectivity index (χ4n) is 3.30. The standard InChI is InChI=1S/C20H26ClN3O2/c1-20(2,3)26-19(25)23-16-8-10-17(11-9-16)24-12-18(22-13-24)14-4-6-15(21)7-5-14/h4-7,12-13,16-17H,8-11H2,1-3H3,(H,23,25). The molecule has 1 heterocycles. The Morgan fingerprint density at radius 1 is 1.19 bits per heavy atom. The van der Waals surface area contributed by atoms with E-state index in [2.05, 4.69) is 21.1 Å². The van der Waals surface area contributed by atoms with Gasteiger partial charge in [0.05, 0.1) is 12.0 Å². The van der Waals surface area contributed by atoms with Crippen molar-refractivity contribution in [3.63, 3.8) is 0 Å². The molecular weight excluding hydrogens is 350 g/mol. The van der Waals surface area contributed by atoms with Crippen molar-refractivity contribution in [3.8, 4) is 11.3 Å². The number of nitrogens with zero attached hydrogens (tertiary/aromatic N) is 2. The van der Waals surface area contributed by atoms with Crippen LogP contribution in [0.4, 0.5) is 4.79 Å². The average Bonchev–Trinajstić information content (AvgIpc) is 3.04. The molecule has 0 aliphatic heterocycles. The van der Waals surface area contributed by atoms with Gasteiger partial charge in [0.25, 0.3) is 0 Å². The monoisotopic (exact) mass is 375 g/mol. The van der Waals surface area contributed by atoms with Crippen LogP contribution in [0.3, 0.4) is 0 Å². The summed E-state index contributed by atoms with van der Waals surface area (Å²) in [5.41, 5.74) is 1.56. The number of imidazole rings is 1. The molecule has 0 atom stereocenters. The van der Waals surface area contributed by atoms with Gasteiger partial charge in [-0.3, -0.25) is 0 Å². The molecule has 6 heteroatoms. The van der Waals surface area contributed by atoms with Crippen LogP contribution < -0.4 is 5.32 Å². The smallest absolute Gasteiger partial charge is 0.407 e. The normalized spacial score (nSPS) is 20.6. The van der Waals surface area contributed by atoms with Crippen molar-refractivity contribution in [3.05, 3.63) is 41.8 Å². The number of halogens is 1. The van der Waals surface area contributed by atoms with Crippen molar-refractivity contribution in [2.75, 3.05) is 0 Å². The van der Waals surface area contributed by atoms with Gasteiger partial charge in [-0.15, -0.1) is 0 Å². The molecule has 5 nitrogen and oxygen atoms in total. The Morgan fingerprint density at radius 2 is 1.85 bits per heavy atom. The van der Waals surface area contributed by atoms with E-state index >= 15 is 0 Å². The zero-order valence-electron chi connectivity index (χ0n) is 15.5. The number of carbonyl (C=O) groups is 1. The Bertz CT molecular complexity index is 741. The van der Waals surface area contributed by atoms with E-state index < -0.39 is 5.60 Å². The van der Waals surface area contributed by atoms with Gasteiger partial charge in [-0.2, -0.15) is 0 Å². The summed E-state index contributed by atoms with van der Waals surface area (Å²) in [5.74, 6) is 0. The number of nitrogens with one attached hydrogen (secondary N) is 1. The molecule has 1 saturated carbocycles. The van der Waals surface area contributed by atoms with E-state index in [0.29, 0.717) is 6.04 Å². The lowest BCUT2D eigenvalue weighted by Gasteiger charge is -2.30. The number of alkyl carbamates (subject to hydrolysis) is 1. The molecule has 3 rings (SSSR count). The molecule has 26 heavy (non-hydrogen) atoms. The predicted molar refractivity (Wildman–Crippen MR) is 103 cm³/mol. The highest BCUT2D eigenvalue weighted by molar-refractivity contribution is 6.30. The maximum absolute atomic E-state index is 11.9. The summed E-state index contributed by atoms with van der Waals surface area (Å²) in [7, 11) is 0. The van der Waals surface area contributed by atoms with Crippen LogP contribution in [0.15, 0.2) is 36.8 Å². The van der Waals surface area contributed by atoms with Gasteiger partial charge < -0.3 is 14.6 Å². The molecule has 0 saturated heterocycles. The largest absolute Gasteiger partial charge is 0.444 e. The SMILES string of the molecule is CC(C)(C)OC(=O)NC1CCC(n2cnc(-c3ccc(Cl)cc3)c2)CC1. The van der Waals surface area contributed by atoms with Crippen LogP contribution in [0.2, 0.25) is 5.02 Å². The van der Waals surface area contributed by atoms with Crippen LogP contribution in [0.25, 0.3) is 11.3 Å². The third kappa shape index (κ3) is 5.01.